The highest BCUT2D eigenvalue weighted by Crippen LogP contribution is 2.22. The first-order chi connectivity index (χ1) is 14.9. The van der Waals surface area contributed by atoms with Gasteiger partial charge in [-0.05, 0) is 34.9 Å². The van der Waals surface area contributed by atoms with Crippen LogP contribution >= 0.6 is 0 Å². The van der Waals surface area contributed by atoms with Gasteiger partial charge in [-0.3, -0.25) is 4.79 Å². The molecule has 0 bridgehead atoms. The Bertz CT molecular complexity index is 1330. The lowest BCUT2D eigenvalue weighted by Gasteiger charge is -2.09. The van der Waals surface area contributed by atoms with E-state index in [-0.39, 0.29) is 23.8 Å². The van der Waals surface area contributed by atoms with Gasteiger partial charge < -0.3 is 9.88 Å². The molecule has 0 aliphatic carbocycles. The number of amides is 1. The van der Waals surface area contributed by atoms with Gasteiger partial charge in [-0.1, -0.05) is 60.7 Å². The summed E-state index contributed by atoms with van der Waals surface area (Å²) >= 11 is 0. The van der Waals surface area contributed by atoms with Crippen molar-refractivity contribution in [3.05, 3.63) is 102 Å². The number of hydrogen-bond acceptors (Lipinski definition) is 3. The van der Waals surface area contributed by atoms with Gasteiger partial charge in [-0.2, -0.15) is 0 Å². The summed E-state index contributed by atoms with van der Waals surface area (Å²) in [6, 6.07) is 24.1. The molecule has 1 heterocycles. The number of anilines is 1. The normalized spacial score (nSPS) is 11.5. The van der Waals surface area contributed by atoms with Crippen LogP contribution in [0.1, 0.15) is 16.7 Å². The average molecular weight is 433 g/mol. The second kappa shape index (κ2) is 8.78. The van der Waals surface area contributed by atoms with E-state index in [0.29, 0.717) is 11.3 Å². The van der Waals surface area contributed by atoms with Gasteiger partial charge in [-0.15, -0.1) is 0 Å². The lowest BCUT2D eigenvalue weighted by atomic mass is 10.1. The monoisotopic (exact) mass is 432 g/mol. The number of benzene rings is 3. The molecular weight excluding hydrogens is 408 g/mol. The number of fused-ring (bicyclic) bond motifs is 1. The highest BCUT2D eigenvalue weighted by Gasteiger charge is 2.15. The number of nitrogens with one attached hydrogen (secondary N) is 1. The molecule has 0 atom stereocenters. The third-order valence-corrected chi connectivity index (χ3v) is 6.70. The molecule has 3 aromatic carbocycles. The maximum absolute atomic E-state index is 12.6. The Hall–Kier alpha value is -3.38. The summed E-state index contributed by atoms with van der Waals surface area (Å²) in [4.78, 5) is 12.6. The van der Waals surface area contributed by atoms with Crippen LogP contribution in [-0.4, -0.2) is 18.9 Å². The summed E-state index contributed by atoms with van der Waals surface area (Å²) in [6.07, 6.45) is 2.22. The van der Waals surface area contributed by atoms with Crippen molar-refractivity contribution in [3.8, 4) is 0 Å². The van der Waals surface area contributed by atoms with Crippen LogP contribution in [0, 0.1) is 0 Å². The molecule has 0 radical (unpaired) electrons. The van der Waals surface area contributed by atoms with Gasteiger partial charge in [0.25, 0.3) is 0 Å². The number of aryl methyl sites for hydroxylation is 1. The fourth-order valence-corrected chi connectivity index (χ4v) is 5.31. The third-order valence-electron chi connectivity index (χ3n) is 5.16. The van der Waals surface area contributed by atoms with Gasteiger partial charge in [0.15, 0.2) is 9.84 Å². The predicted molar refractivity (Wildman–Crippen MR) is 124 cm³/mol. The number of sulfone groups is 1. The smallest absolute Gasteiger partial charge is 0.228 e. The number of carbonyl (C=O) groups is 1. The summed E-state index contributed by atoms with van der Waals surface area (Å²) in [6.45, 7) is 0. The number of carbonyl (C=O) groups excluding carboxylic acids is 1. The fourth-order valence-electron chi connectivity index (χ4n) is 3.82. The van der Waals surface area contributed by atoms with Gasteiger partial charge in [0.05, 0.1) is 17.9 Å². The van der Waals surface area contributed by atoms with Crippen LogP contribution in [0.4, 0.5) is 5.69 Å². The van der Waals surface area contributed by atoms with Crippen LogP contribution < -0.4 is 5.32 Å². The zero-order valence-electron chi connectivity index (χ0n) is 17.3. The Kier molecular flexibility index (Phi) is 5.91. The largest absolute Gasteiger partial charge is 0.350 e. The zero-order valence-corrected chi connectivity index (χ0v) is 18.1. The maximum atomic E-state index is 12.6. The molecule has 0 aliphatic heterocycles. The Morgan fingerprint density at radius 1 is 0.871 bits per heavy atom. The Balaban J connectivity index is 1.44. The number of nitrogens with zero attached hydrogens (tertiary/aromatic N) is 1. The van der Waals surface area contributed by atoms with E-state index in [1.54, 1.807) is 24.3 Å². The zero-order chi connectivity index (χ0) is 21.8. The first-order valence-electron chi connectivity index (χ1n) is 10.1. The van der Waals surface area contributed by atoms with Crippen LogP contribution in [0.15, 0.2) is 85.1 Å². The molecule has 4 aromatic rings. The van der Waals surface area contributed by atoms with Crippen molar-refractivity contribution in [2.24, 2.45) is 7.05 Å². The highest BCUT2D eigenvalue weighted by atomic mass is 32.2. The molecule has 31 heavy (non-hydrogen) atoms. The van der Waals surface area contributed by atoms with Crippen LogP contribution in [0.25, 0.3) is 10.9 Å². The van der Waals surface area contributed by atoms with Crippen LogP contribution in [0.5, 0.6) is 0 Å². The van der Waals surface area contributed by atoms with Crippen LogP contribution in [-0.2, 0) is 39.6 Å². The summed E-state index contributed by atoms with van der Waals surface area (Å²) in [5, 5.41) is 3.95. The number of hydrogen-bond donors (Lipinski definition) is 1. The molecule has 1 N–H and O–H groups in total. The van der Waals surface area contributed by atoms with Gasteiger partial charge in [-0.25, -0.2) is 8.42 Å². The number of para-hydroxylation sites is 1. The minimum absolute atomic E-state index is 0.00842. The SMILES string of the molecule is Cn1cc(CC(=O)Nc2cccc(CS(=O)(=O)Cc3ccccc3)c2)c2ccccc21. The molecule has 0 saturated heterocycles. The number of aromatic nitrogens is 1. The molecule has 1 aromatic heterocycles. The predicted octanol–water partition coefficient (Wildman–Crippen LogP) is 4.47. The minimum atomic E-state index is -3.32. The molecule has 0 fully saturated rings. The second-order valence-electron chi connectivity index (χ2n) is 7.73. The maximum Gasteiger partial charge on any atom is 0.228 e. The quantitative estimate of drug-likeness (QED) is 0.468. The van der Waals surface area contributed by atoms with Gasteiger partial charge >= 0.3 is 0 Å². The topological polar surface area (TPSA) is 68.2 Å². The van der Waals surface area contributed by atoms with E-state index in [4.69, 9.17) is 0 Å². The lowest BCUT2D eigenvalue weighted by Crippen LogP contribution is -2.14. The molecular formula is C25H24N2O3S. The van der Waals surface area contributed by atoms with E-state index < -0.39 is 9.84 Å². The highest BCUT2D eigenvalue weighted by molar-refractivity contribution is 7.89. The Morgan fingerprint density at radius 2 is 1.55 bits per heavy atom. The van der Waals surface area contributed by atoms with Crippen molar-refractivity contribution in [2.45, 2.75) is 17.9 Å². The molecule has 0 aliphatic rings. The number of rotatable bonds is 7. The Labute approximate surface area is 182 Å². The molecule has 158 valence electrons. The molecule has 0 saturated carbocycles. The van der Waals surface area contributed by atoms with E-state index in [9.17, 15) is 13.2 Å². The summed E-state index contributed by atoms with van der Waals surface area (Å²) in [5.41, 5.74) is 4.05. The molecule has 0 unspecified atom stereocenters. The fraction of sp³-hybridized carbons (Fsp3) is 0.160. The van der Waals surface area contributed by atoms with Crippen molar-refractivity contribution >= 4 is 32.3 Å². The first kappa shape index (κ1) is 20.9. The average Bonchev–Trinajstić information content (AvgIpc) is 3.04. The third kappa shape index (κ3) is 5.22. The van der Waals surface area contributed by atoms with E-state index in [1.807, 2.05) is 72.4 Å². The van der Waals surface area contributed by atoms with Crippen LogP contribution in [0.2, 0.25) is 0 Å². The molecule has 6 heteroatoms. The summed E-state index contributed by atoms with van der Waals surface area (Å²) < 4.78 is 27.2. The van der Waals surface area contributed by atoms with Crippen molar-refractivity contribution < 1.29 is 13.2 Å². The standard InChI is InChI=1S/C25H24N2O3S/c1-27-16-21(23-12-5-6-13-24(23)27)15-25(28)26-22-11-7-10-20(14-22)18-31(29,30)17-19-8-3-2-4-9-19/h2-14,16H,15,17-18H2,1H3,(H,26,28). The molecule has 0 spiro atoms. The van der Waals surface area contributed by atoms with Crippen molar-refractivity contribution in [2.75, 3.05) is 5.32 Å². The van der Waals surface area contributed by atoms with E-state index in [0.717, 1.165) is 22.0 Å². The first-order valence-corrected chi connectivity index (χ1v) is 11.9. The Morgan fingerprint density at radius 3 is 2.35 bits per heavy atom. The van der Waals surface area contributed by atoms with Crippen molar-refractivity contribution in [1.82, 2.24) is 4.57 Å². The second-order valence-corrected chi connectivity index (χ2v) is 9.79. The minimum Gasteiger partial charge on any atom is -0.350 e. The van der Waals surface area contributed by atoms with Gasteiger partial charge in [0, 0.05) is 29.8 Å². The van der Waals surface area contributed by atoms with E-state index in [1.165, 1.54) is 0 Å². The van der Waals surface area contributed by atoms with E-state index in [2.05, 4.69) is 5.32 Å². The molecule has 4 rings (SSSR count). The lowest BCUT2D eigenvalue weighted by molar-refractivity contribution is -0.115. The summed E-state index contributed by atoms with van der Waals surface area (Å²) in [7, 11) is -1.36. The molecule has 1 amide bonds. The van der Waals surface area contributed by atoms with Gasteiger partial charge in [0.2, 0.25) is 5.91 Å². The van der Waals surface area contributed by atoms with Crippen LogP contribution in [0.3, 0.4) is 0 Å². The van der Waals surface area contributed by atoms with Gasteiger partial charge in [0.1, 0.15) is 0 Å². The molecule has 5 nitrogen and oxygen atoms in total. The van der Waals surface area contributed by atoms with Crippen molar-refractivity contribution in [3.63, 3.8) is 0 Å². The van der Waals surface area contributed by atoms with E-state index >= 15 is 0 Å². The summed E-state index contributed by atoms with van der Waals surface area (Å²) in [5.74, 6) is -0.221. The van der Waals surface area contributed by atoms with Crippen molar-refractivity contribution in [1.29, 1.82) is 0 Å².